The summed E-state index contributed by atoms with van der Waals surface area (Å²) >= 11 is 0. The summed E-state index contributed by atoms with van der Waals surface area (Å²) in [5.74, 6) is -0.139. The Bertz CT molecular complexity index is 794. The van der Waals surface area contributed by atoms with E-state index in [1.54, 1.807) is 30.3 Å². The first-order valence-electron chi connectivity index (χ1n) is 5.97. The monoisotopic (exact) mass is 263 g/mol. The molecule has 0 atom stereocenters. The van der Waals surface area contributed by atoms with Crippen molar-refractivity contribution in [3.05, 3.63) is 65.9 Å². The van der Waals surface area contributed by atoms with Gasteiger partial charge in [0.05, 0.1) is 11.6 Å². The first-order chi connectivity index (χ1) is 9.76. The second-order valence-corrected chi connectivity index (χ2v) is 4.18. The first kappa shape index (κ1) is 12.0. The summed E-state index contributed by atoms with van der Waals surface area (Å²) in [6.45, 7) is 0. The summed E-state index contributed by atoms with van der Waals surface area (Å²) in [6.07, 6.45) is 0. The van der Waals surface area contributed by atoms with Crippen molar-refractivity contribution < 1.29 is 13.9 Å². The smallest absolute Gasteiger partial charge is 0.379 e. The fourth-order valence-corrected chi connectivity index (χ4v) is 1.87. The van der Waals surface area contributed by atoms with E-state index in [-0.39, 0.29) is 5.76 Å². The van der Waals surface area contributed by atoms with Gasteiger partial charge in [0.15, 0.2) is 0 Å². The number of rotatable bonds is 2. The van der Waals surface area contributed by atoms with Crippen molar-refractivity contribution in [1.82, 2.24) is 0 Å². The normalized spacial score (nSPS) is 10.2. The maximum absolute atomic E-state index is 12.0. The molecule has 0 aliphatic carbocycles. The molecule has 0 bridgehead atoms. The highest BCUT2D eigenvalue weighted by Crippen LogP contribution is 2.21. The Balaban J connectivity index is 1.87. The molecule has 3 rings (SSSR count). The molecule has 20 heavy (non-hydrogen) atoms. The average Bonchev–Trinajstić information content (AvgIpc) is 2.91. The quantitative estimate of drug-likeness (QED) is 0.524. The van der Waals surface area contributed by atoms with Gasteiger partial charge in [-0.2, -0.15) is 5.26 Å². The van der Waals surface area contributed by atoms with Crippen LogP contribution in [0.15, 0.2) is 59.0 Å². The molecule has 0 saturated carbocycles. The predicted octanol–water partition coefficient (Wildman–Crippen LogP) is 3.52. The second kappa shape index (κ2) is 4.90. The van der Waals surface area contributed by atoms with E-state index in [0.717, 1.165) is 5.39 Å². The number of nitrogens with zero attached hydrogens (tertiary/aromatic N) is 1. The van der Waals surface area contributed by atoms with Crippen molar-refractivity contribution in [2.24, 2.45) is 0 Å². The lowest BCUT2D eigenvalue weighted by Gasteiger charge is -2.01. The number of fused-ring (bicyclic) bond motifs is 1. The summed E-state index contributed by atoms with van der Waals surface area (Å²) < 4.78 is 10.6. The maximum Gasteiger partial charge on any atom is 0.379 e. The van der Waals surface area contributed by atoms with Crippen LogP contribution >= 0.6 is 0 Å². The summed E-state index contributed by atoms with van der Waals surface area (Å²) in [7, 11) is 0. The number of benzene rings is 2. The van der Waals surface area contributed by atoms with E-state index >= 15 is 0 Å². The number of carbonyl (C=O) groups excluding carboxylic acids is 1. The topological polar surface area (TPSA) is 63.2 Å². The molecule has 1 aromatic heterocycles. The number of furan rings is 1. The van der Waals surface area contributed by atoms with Crippen LogP contribution in [0.5, 0.6) is 5.75 Å². The number of nitriles is 1. The van der Waals surface area contributed by atoms with Gasteiger partial charge >= 0.3 is 5.97 Å². The minimum atomic E-state index is -0.587. The largest absolute Gasteiger partial charge is 0.449 e. The number of para-hydroxylation sites is 1. The predicted molar refractivity (Wildman–Crippen MR) is 72.3 cm³/mol. The summed E-state index contributed by atoms with van der Waals surface area (Å²) in [4.78, 5) is 12.0. The Kier molecular flexibility index (Phi) is 2.94. The fourth-order valence-electron chi connectivity index (χ4n) is 1.87. The van der Waals surface area contributed by atoms with Gasteiger partial charge in [-0.3, -0.25) is 0 Å². The number of ether oxygens (including phenoxy) is 1. The van der Waals surface area contributed by atoms with Crippen molar-refractivity contribution in [3.8, 4) is 11.8 Å². The molecule has 0 radical (unpaired) electrons. The molecule has 0 N–H and O–H groups in total. The highest BCUT2D eigenvalue weighted by atomic mass is 16.5. The Hall–Kier alpha value is -3.06. The molecule has 4 heteroatoms. The Morgan fingerprint density at radius 2 is 1.95 bits per heavy atom. The molecule has 0 saturated heterocycles. The molecule has 2 aromatic carbocycles. The van der Waals surface area contributed by atoms with Crippen molar-refractivity contribution in [2.45, 2.75) is 0 Å². The third-order valence-corrected chi connectivity index (χ3v) is 2.80. The molecular weight excluding hydrogens is 254 g/mol. The number of carbonyl (C=O) groups is 1. The van der Waals surface area contributed by atoms with Gasteiger partial charge in [-0.1, -0.05) is 24.3 Å². The molecular formula is C16H9NO3. The lowest BCUT2D eigenvalue weighted by molar-refractivity contribution is 0.0704. The Labute approximate surface area is 114 Å². The molecule has 96 valence electrons. The molecule has 0 amide bonds. The standard InChI is InChI=1S/C16H9NO3/c17-10-11-4-3-6-13(8-11)19-16(18)15-9-12-5-1-2-7-14(12)20-15/h1-9H. The first-order valence-corrected chi connectivity index (χ1v) is 5.97. The van der Waals surface area contributed by atoms with Gasteiger partial charge in [-0.05, 0) is 30.3 Å². The molecule has 3 aromatic rings. The van der Waals surface area contributed by atoms with Gasteiger partial charge in [0.2, 0.25) is 5.76 Å². The van der Waals surface area contributed by atoms with Crippen LogP contribution in [0, 0.1) is 11.3 Å². The van der Waals surface area contributed by atoms with E-state index in [0.29, 0.717) is 16.9 Å². The van der Waals surface area contributed by atoms with Crippen LogP contribution in [0.25, 0.3) is 11.0 Å². The molecule has 0 aliphatic heterocycles. The zero-order valence-electron chi connectivity index (χ0n) is 10.4. The third kappa shape index (κ3) is 2.25. The van der Waals surface area contributed by atoms with Gasteiger partial charge in [0, 0.05) is 5.39 Å². The van der Waals surface area contributed by atoms with Gasteiger partial charge in [-0.25, -0.2) is 4.79 Å². The molecule has 0 aliphatic rings. The molecule has 1 heterocycles. The highest BCUT2D eigenvalue weighted by molar-refractivity contribution is 5.93. The number of hydrogen-bond donors (Lipinski definition) is 0. The van der Waals surface area contributed by atoms with Crippen LogP contribution < -0.4 is 4.74 Å². The zero-order chi connectivity index (χ0) is 13.9. The molecule has 4 nitrogen and oxygen atoms in total. The second-order valence-electron chi connectivity index (χ2n) is 4.18. The van der Waals surface area contributed by atoms with Crippen molar-refractivity contribution in [2.75, 3.05) is 0 Å². The SMILES string of the molecule is N#Cc1cccc(OC(=O)c2cc3ccccc3o2)c1. The van der Waals surface area contributed by atoms with Crippen LogP contribution in [-0.2, 0) is 0 Å². The van der Waals surface area contributed by atoms with E-state index < -0.39 is 5.97 Å². The molecule has 0 fully saturated rings. The lowest BCUT2D eigenvalue weighted by atomic mass is 10.2. The van der Waals surface area contributed by atoms with Crippen molar-refractivity contribution in [3.63, 3.8) is 0 Å². The highest BCUT2D eigenvalue weighted by Gasteiger charge is 2.14. The number of hydrogen-bond acceptors (Lipinski definition) is 4. The lowest BCUT2D eigenvalue weighted by Crippen LogP contribution is -2.07. The minimum absolute atomic E-state index is 0.133. The maximum atomic E-state index is 12.0. The van der Waals surface area contributed by atoms with E-state index in [2.05, 4.69) is 0 Å². The molecule has 0 spiro atoms. The zero-order valence-corrected chi connectivity index (χ0v) is 10.4. The van der Waals surface area contributed by atoms with Gasteiger partial charge in [0.25, 0.3) is 0 Å². The van der Waals surface area contributed by atoms with Crippen LogP contribution in [0.4, 0.5) is 0 Å². The third-order valence-electron chi connectivity index (χ3n) is 2.80. The van der Waals surface area contributed by atoms with Crippen molar-refractivity contribution >= 4 is 16.9 Å². The van der Waals surface area contributed by atoms with E-state index in [1.165, 1.54) is 6.07 Å². The van der Waals surface area contributed by atoms with Crippen LogP contribution in [-0.4, -0.2) is 5.97 Å². The number of esters is 1. The van der Waals surface area contributed by atoms with Gasteiger partial charge in [0.1, 0.15) is 11.3 Å². The van der Waals surface area contributed by atoms with Crippen LogP contribution in [0.3, 0.4) is 0 Å². The Morgan fingerprint density at radius 1 is 1.10 bits per heavy atom. The summed E-state index contributed by atoms with van der Waals surface area (Å²) in [5.41, 5.74) is 1.06. The fraction of sp³-hybridized carbons (Fsp3) is 0. The summed E-state index contributed by atoms with van der Waals surface area (Å²) in [5, 5.41) is 9.64. The minimum Gasteiger partial charge on any atom is -0.449 e. The van der Waals surface area contributed by atoms with E-state index in [4.69, 9.17) is 14.4 Å². The molecule has 0 unspecified atom stereocenters. The van der Waals surface area contributed by atoms with Crippen LogP contribution in [0.2, 0.25) is 0 Å². The van der Waals surface area contributed by atoms with E-state index in [9.17, 15) is 4.79 Å². The van der Waals surface area contributed by atoms with Crippen LogP contribution in [0.1, 0.15) is 16.1 Å². The van der Waals surface area contributed by atoms with E-state index in [1.807, 2.05) is 24.3 Å². The van der Waals surface area contributed by atoms with Crippen molar-refractivity contribution in [1.29, 1.82) is 5.26 Å². The summed E-state index contributed by atoms with van der Waals surface area (Å²) in [6, 6.07) is 17.3. The Morgan fingerprint density at radius 3 is 2.75 bits per heavy atom. The van der Waals surface area contributed by atoms with Gasteiger partial charge in [-0.15, -0.1) is 0 Å². The average molecular weight is 263 g/mol. The van der Waals surface area contributed by atoms with Gasteiger partial charge < -0.3 is 9.15 Å².